The van der Waals surface area contributed by atoms with E-state index in [9.17, 15) is 14.5 Å². The number of imidazole rings is 1. The third kappa shape index (κ3) is 7.24. The molecule has 3 aromatic rings. The predicted molar refractivity (Wildman–Crippen MR) is 154 cm³/mol. The van der Waals surface area contributed by atoms with E-state index < -0.39 is 50.5 Å². The number of para-hydroxylation sites is 1. The summed E-state index contributed by atoms with van der Waals surface area (Å²) in [7, 11) is -4.41. The summed E-state index contributed by atoms with van der Waals surface area (Å²) in [6.45, 7) is 8.96. The molecule has 236 valence electrons. The summed E-state index contributed by atoms with van der Waals surface area (Å²) in [5, 5.41) is 14.0. The number of carbonyl (C=O) groups is 1. The first-order valence-corrected chi connectivity index (χ1v) is 15.2. The van der Waals surface area contributed by atoms with E-state index in [1.165, 1.54) is 30.0 Å². The molecule has 0 amide bonds. The first kappa shape index (κ1) is 32.6. The minimum absolute atomic E-state index is 0.112. The normalized spacial score (nSPS) is 24.4. The fourth-order valence-corrected chi connectivity index (χ4v) is 5.73. The van der Waals surface area contributed by atoms with E-state index in [4.69, 9.17) is 29.0 Å². The quantitative estimate of drug-likeness (QED) is 0.197. The van der Waals surface area contributed by atoms with Crippen LogP contribution >= 0.6 is 7.75 Å². The van der Waals surface area contributed by atoms with Crippen molar-refractivity contribution in [3.8, 4) is 11.6 Å². The maximum Gasteiger partial charge on any atom is 0.459 e. The second kappa shape index (κ2) is 12.3. The van der Waals surface area contributed by atoms with Gasteiger partial charge in [0.05, 0.1) is 32.8 Å². The van der Waals surface area contributed by atoms with E-state index in [0.29, 0.717) is 0 Å². The molecular weight excluding hydrogens is 586 g/mol. The molecule has 0 saturated carbocycles. The molecule has 1 fully saturated rings. The van der Waals surface area contributed by atoms with Gasteiger partial charge in [-0.2, -0.15) is 15.1 Å². The topological polar surface area (TPSA) is 182 Å². The Kier molecular flexibility index (Phi) is 9.33. The molecule has 2 aromatic heterocycles. The van der Waals surface area contributed by atoms with Gasteiger partial charge in [-0.1, -0.05) is 39.0 Å². The zero-order valence-corrected chi connectivity index (χ0v) is 25.8. The summed E-state index contributed by atoms with van der Waals surface area (Å²) < 4.78 is 59.4. The van der Waals surface area contributed by atoms with Crippen LogP contribution in [-0.2, 0) is 23.4 Å². The molecule has 4 N–H and O–H groups in total. The number of alkyl halides is 1. The Morgan fingerprint density at radius 3 is 2.67 bits per heavy atom. The maximum atomic E-state index is 16.5. The van der Waals surface area contributed by atoms with Crippen molar-refractivity contribution in [3.63, 3.8) is 0 Å². The highest BCUT2D eigenvalue weighted by Gasteiger charge is 2.61. The molecule has 3 unspecified atom stereocenters. The number of carbonyl (C=O) groups excluding carboxylic acids is 1. The summed E-state index contributed by atoms with van der Waals surface area (Å²) in [5.74, 6) is -0.569. The average Bonchev–Trinajstić information content (AvgIpc) is 3.43. The molecule has 14 nitrogen and oxygen atoms in total. The summed E-state index contributed by atoms with van der Waals surface area (Å²) in [6, 6.07) is 6.92. The Balaban J connectivity index is 1.56. The van der Waals surface area contributed by atoms with E-state index in [1.54, 1.807) is 25.1 Å². The maximum absolute atomic E-state index is 16.5. The summed E-state index contributed by atoms with van der Waals surface area (Å²) in [5.41, 5.74) is 1.00. The monoisotopic (exact) mass is 624 g/mol. The van der Waals surface area contributed by atoms with Gasteiger partial charge in [-0.05, 0) is 38.3 Å². The molecule has 1 aromatic carbocycles. The molecular formula is C27H38FN6O8P. The molecule has 3 heterocycles. The number of aromatic nitrogens is 4. The summed E-state index contributed by atoms with van der Waals surface area (Å²) in [4.78, 5) is 25.0. The second-order valence-corrected chi connectivity index (χ2v) is 13.3. The zero-order chi connectivity index (χ0) is 31.6. The lowest BCUT2D eigenvalue weighted by molar-refractivity contribution is -0.148. The second-order valence-electron chi connectivity index (χ2n) is 11.6. The van der Waals surface area contributed by atoms with Gasteiger partial charge in [-0.3, -0.25) is 13.9 Å². The van der Waals surface area contributed by atoms with Crippen LogP contribution < -0.4 is 20.1 Å². The third-order valence-electron chi connectivity index (χ3n) is 6.59. The SMILES string of the molecule is CCOc1nc(N)nc2c1ncn2[C@@H]1OCC(O)(COP(=O)(NC(C)C(=O)OCC(C)(C)C)Oc2ccccc2)[C@@]1(C)F. The Hall–Kier alpha value is -3.36. The Morgan fingerprint density at radius 1 is 1.33 bits per heavy atom. The van der Waals surface area contributed by atoms with Gasteiger partial charge in [0.2, 0.25) is 11.8 Å². The highest BCUT2D eigenvalue weighted by atomic mass is 31.2. The Labute approximate surface area is 248 Å². The fourth-order valence-electron chi connectivity index (χ4n) is 4.19. The van der Waals surface area contributed by atoms with Crippen molar-refractivity contribution in [1.29, 1.82) is 0 Å². The number of aliphatic hydroxyl groups is 1. The van der Waals surface area contributed by atoms with Crippen LogP contribution in [0, 0.1) is 5.41 Å². The van der Waals surface area contributed by atoms with Gasteiger partial charge in [-0.15, -0.1) is 0 Å². The highest BCUT2D eigenvalue weighted by Crippen LogP contribution is 2.50. The number of esters is 1. The molecule has 16 heteroatoms. The number of rotatable bonds is 12. The van der Waals surface area contributed by atoms with Gasteiger partial charge in [0.1, 0.15) is 17.4 Å². The number of fused-ring (bicyclic) bond motifs is 1. The van der Waals surface area contributed by atoms with Crippen molar-refractivity contribution in [1.82, 2.24) is 24.6 Å². The van der Waals surface area contributed by atoms with Crippen LogP contribution in [-0.4, -0.2) is 74.3 Å². The minimum Gasteiger partial charge on any atom is -0.476 e. The van der Waals surface area contributed by atoms with Crippen molar-refractivity contribution in [2.24, 2.45) is 5.41 Å². The molecule has 1 aliphatic rings. The number of nitrogens with zero attached hydrogens (tertiary/aromatic N) is 4. The molecule has 1 aliphatic heterocycles. The zero-order valence-electron chi connectivity index (χ0n) is 24.9. The minimum atomic E-state index is -4.41. The van der Waals surface area contributed by atoms with Gasteiger partial charge in [0.15, 0.2) is 23.1 Å². The Morgan fingerprint density at radius 2 is 2.02 bits per heavy atom. The van der Waals surface area contributed by atoms with Crippen LogP contribution in [0.5, 0.6) is 11.6 Å². The lowest BCUT2D eigenvalue weighted by Gasteiger charge is -2.34. The van der Waals surface area contributed by atoms with Crippen molar-refractivity contribution >= 4 is 30.8 Å². The van der Waals surface area contributed by atoms with E-state index in [2.05, 4.69) is 20.0 Å². The molecule has 4 rings (SSSR count). The molecule has 43 heavy (non-hydrogen) atoms. The number of nitrogens with one attached hydrogen (secondary N) is 1. The van der Waals surface area contributed by atoms with Crippen LogP contribution in [0.1, 0.15) is 47.8 Å². The number of nitrogen functional groups attached to an aromatic ring is 1. The average molecular weight is 625 g/mol. The van der Waals surface area contributed by atoms with E-state index in [0.717, 1.165) is 6.92 Å². The Bertz CT molecular complexity index is 1480. The van der Waals surface area contributed by atoms with Crippen LogP contribution in [0.2, 0.25) is 0 Å². The smallest absolute Gasteiger partial charge is 0.459 e. The number of hydrogen-bond donors (Lipinski definition) is 3. The van der Waals surface area contributed by atoms with E-state index in [1.807, 2.05) is 20.8 Å². The standard InChI is InChI=1S/C27H38FN6O8P/c1-7-38-21-19-20(31-24(29)32-21)34(16-30-19)23-26(6,28)27(36,14-40-23)15-41-43(37,42-18-11-9-8-10-12-18)33-17(2)22(35)39-13-25(3,4)5/h8-12,16-17,23,36H,7,13-15H2,1-6H3,(H,33,37)(H2,29,31,32)/t17?,23-,26+,27?,43?/m1/s1. The van der Waals surface area contributed by atoms with Crippen molar-refractivity contribution < 1.29 is 42.1 Å². The first-order valence-electron chi connectivity index (χ1n) is 13.7. The number of hydrogen-bond acceptors (Lipinski definition) is 12. The predicted octanol–water partition coefficient (Wildman–Crippen LogP) is 3.57. The van der Waals surface area contributed by atoms with E-state index >= 15 is 4.39 Å². The summed E-state index contributed by atoms with van der Waals surface area (Å²) in [6.07, 6.45) is -0.171. The van der Waals surface area contributed by atoms with Gasteiger partial charge in [0.25, 0.3) is 0 Å². The lowest BCUT2D eigenvalue weighted by atomic mass is 9.88. The van der Waals surface area contributed by atoms with Crippen LogP contribution in [0.4, 0.5) is 10.3 Å². The number of halogens is 1. The van der Waals surface area contributed by atoms with Crippen LogP contribution in [0.25, 0.3) is 11.2 Å². The first-order chi connectivity index (χ1) is 20.1. The van der Waals surface area contributed by atoms with Crippen molar-refractivity contribution in [2.75, 3.05) is 32.2 Å². The van der Waals surface area contributed by atoms with Crippen LogP contribution in [0.15, 0.2) is 36.7 Å². The van der Waals surface area contributed by atoms with Gasteiger partial charge in [-0.25, -0.2) is 13.9 Å². The molecule has 0 spiro atoms. The van der Waals surface area contributed by atoms with Crippen molar-refractivity contribution in [3.05, 3.63) is 36.7 Å². The van der Waals surface area contributed by atoms with Crippen molar-refractivity contribution in [2.45, 2.75) is 65.1 Å². The summed E-state index contributed by atoms with van der Waals surface area (Å²) >= 11 is 0. The molecule has 0 radical (unpaired) electrons. The fraction of sp³-hybridized carbons (Fsp3) is 0.556. The highest BCUT2D eigenvalue weighted by molar-refractivity contribution is 7.52. The number of ether oxygens (including phenoxy) is 3. The van der Waals surface area contributed by atoms with Crippen LogP contribution in [0.3, 0.4) is 0 Å². The lowest BCUT2D eigenvalue weighted by Crippen LogP contribution is -2.53. The van der Waals surface area contributed by atoms with Gasteiger partial charge >= 0.3 is 13.7 Å². The largest absolute Gasteiger partial charge is 0.476 e. The number of nitrogens with two attached hydrogens (primary N) is 1. The number of anilines is 1. The molecule has 5 atom stereocenters. The van der Waals surface area contributed by atoms with E-state index in [-0.39, 0.29) is 47.4 Å². The van der Waals surface area contributed by atoms with Gasteiger partial charge in [0, 0.05) is 0 Å². The molecule has 1 saturated heterocycles. The molecule has 0 bridgehead atoms. The van der Waals surface area contributed by atoms with Gasteiger partial charge < -0.3 is 29.6 Å². The third-order valence-corrected chi connectivity index (χ3v) is 8.21. The molecule has 0 aliphatic carbocycles. The number of benzene rings is 1.